The maximum atomic E-state index is 11.0. The van der Waals surface area contributed by atoms with Crippen LogP contribution in [0, 0.1) is 5.92 Å². The van der Waals surface area contributed by atoms with Gasteiger partial charge >= 0.3 is 5.97 Å². The molecule has 1 aliphatic rings. The number of aromatic carboxylic acids is 1. The summed E-state index contributed by atoms with van der Waals surface area (Å²) in [6.45, 7) is 7.56. The molecule has 0 spiro atoms. The Hall–Kier alpha value is -1.35. The minimum Gasteiger partial charge on any atom is -0.478 e. The summed E-state index contributed by atoms with van der Waals surface area (Å²) >= 11 is 0. The molecule has 2 rings (SSSR count). The first-order valence-corrected chi connectivity index (χ1v) is 6.67. The molecular weight excluding hydrogens is 226 g/mol. The van der Waals surface area contributed by atoms with E-state index in [0.717, 1.165) is 26.1 Å². The molecule has 1 N–H and O–H groups in total. The molecule has 0 fully saturated rings. The second-order valence-corrected chi connectivity index (χ2v) is 5.29. The van der Waals surface area contributed by atoms with Gasteiger partial charge in [0.05, 0.1) is 5.56 Å². The van der Waals surface area contributed by atoms with Crippen molar-refractivity contribution in [3.8, 4) is 0 Å². The second-order valence-electron chi connectivity index (χ2n) is 5.29. The van der Waals surface area contributed by atoms with Gasteiger partial charge in [0.2, 0.25) is 0 Å². The van der Waals surface area contributed by atoms with Crippen molar-refractivity contribution in [2.75, 3.05) is 13.1 Å². The largest absolute Gasteiger partial charge is 0.478 e. The van der Waals surface area contributed by atoms with Crippen molar-refractivity contribution in [2.24, 2.45) is 5.92 Å². The first-order valence-electron chi connectivity index (χ1n) is 6.67. The van der Waals surface area contributed by atoms with Crippen molar-refractivity contribution in [3.63, 3.8) is 0 Å². The van der Waals surface area contributed by atoms with Crippen LogP contribution in [0.4, 0.5) is 0 Å². The van der Waals surface area contributed by atoms with Gasteiger partial charge in [-0.1, -0.05) is 26.3 Å². The summed E-state index contributed by atoms with van der Waals surface area (Å²) in [5.41, 5.74) is 2.89. The van der Waals surface area contributed by atoms with Gasteiger partial charge in [-0.05, 0) is 35.6 Å². The standard InChI is InChI=1S/C15H21NO2/c1-3-11(2)9-16-7-6-12-4-5-13(15(17)18)8-14(12)10-16/h4-5,8,11H,3,6-7,9-10H2,1-2H3,(H,17,18)/t11-/m0/s1. The molecule has 0 radical (unpaired) electrons. The van der Waals surface area contributed by atoms with Crippen LogP contribution >= 0.6 is 0 Å². The second kappa shape index (κ2) is 5.53. The Morgan fingerprint density at radius 1 is 1.44 bits per heavy atom. The summed E-state index contributed by atoms with van der Waals surface area (Å²) in [6.07, 6.45) is 2.23. The number of hydrogen-bond acceptors (Lipinski definition) is 2. The first kappa shape index (κ1) is 13.1. The molecule has 0 bridgehead atoms. The lowest BCUT2D eigenvalue weighted by Crippen LogP contribution is -2.34. The molecule has 3 nitrogen and oxygen atoms in total. The lowest BCUT2D eigenvalue weighted by atomic mass is 9.96. The molecule has 0 aliphatic carbocycles. The van der Waals surface area contributed by atoms with Crippen LogP contribution in [0.25, 0.3) is 0 Å². The number of benzene rings is 1. The van der Waals surface area contributed by atoms with Gasteiger partial charge in [0.25, 0.3) is 0 Å². The summed E-state index contributed by atoms with van der Waals surface area (Å²) in [4.78, 5) is 13.4. The van der Waals surface area contributed by atoms with Crippen molar-refractivity contribution >= 4 is 5.97 Å². The zero-order valence-corrected chi connectivity index (χ0v) is 11.1. The van der Waals surface area contributed by atoms with Crippen LogP contribution in [0.2, 0.25) is 0 Å². The van der Waals surface area contributed by atoms with Crippen LogP contribution in [0.15, 0.2) is 18.2 Å². The molecule has 1 atom stereocenters. The zero-order valence-electron chi connectivity index (χ0n) is 11.1. The predicted molar refractivity (Wildman–Crippen MR) is 71.8 cm³/mol. The Morgan fingerprint density at radius 2 is 2.22 bits per heavy atom. The van der Waals surface area contributed by atoms with Crippen LogP contribution in [-0.2, 0) is 13.0 Å². The normalized spacial score (nSPS) is 17.2. The van der Waals surface area contributed by atoms with E-state index in [1.165, 1.54) is 17.5 Å². The zero-order chi connectivity index (χ0) is 13.1. The average Bonchev–Trinajstić information content (AvgIpc) is 2.37. The van der Waals surface area contributed by atoms with E-state index in [-0.39, 0.29) is 0 Å². The lowest BCUT2D eigenvalue weighted by molar-refractivity contribution is 0.0696. The van der Waals surface area contributed by atoms with E-state index in [1.807, 2.05) is 12.1 Å². The summed E-state index contributed by atoms with van der Waals surface area (Å²) < 4.78 is 0. The van der Waals surface area contributed by atoms with Crippen molar-refractivity contribution in [1.29, 1.82) is 0 Å². The molecule has 0 amide bonds. The molecule has 1 aromatic carbocycles. The van der Waals surface area contributed by atoms with E-state index < -0.39 is 5.97 Å². The quantitative estimate of drug-likeness (QED) is 0.889. The molecule has 1 aliphatic heterocycles. The van der Waals surface area contributed by atoms with E-state index in [9.17, 15) is 4.79 Å². The minimum absolute atomic E-state index is 0.402. The van der Waals surface area contributed by atoms with Crippen LogP contribution < -0.4 is 0 Å². The van der Waals surface area contributed by atoms with Gasteiger partial charge in [-0.3, -0.25) is 4.90 Å². The van der Waals surface area contributed by atoms with E-state index in [4.69, 9.17) is 5.11 Å². The lowest BCUT2D eigenvalue weighted by Gasteiger charge is -2.30. The number of nitrogens with zero attached hydrogens (tertiary/aromatic N) is 1. The third-order valence-corrected chi connectivity index (χ3v) is 3.81. The molecular formula is C15H21NO2. The number of rotatable bonds is 4. The average molecular weight is 247 g/mol. The third kappa shape index (κ3) is 2.91. The summed E-state index contributed by atoms with van der Waals surface area (Å²) in [7, 11) is 0. The van der Waals surface area contributed by atoms with Gasteiger partial charge in [-0.15, -0.1) is 0 Å². The molecule has 18 heavy (non-hydrogen) atoms. The highest BCUT2D eigenvalue weighted by atomic mass is 16.4. The summed E-state index contributed by atoms with van der Waals surface area (Å²) in [5.74, 6) is -0.133. The monoisotopic (exact) mass is 247 g/mol. The van der Waals surface area contributed by atoms with E-state index in [0.29, 0.717) is 11.5 Å². The topological polar surface area (TPSA) is 40.5 Å². The maximum Gasteiger partial charge on any atom is 0.335 e. The number of hydrogen-bond donors (Lipinski definition) is 1. The SMILES string of the molecule is CC[C@H](C)CN1CCc2ccc(C(=O)O)cc2C1. The number of carbonyl (C=O) groups is 1. The minimum atomic E-state index is -0.836. The Balaban J connectivity index is 2.12. The Bertz CT molecular complexity index is 442. The first-order chi connectivity index (χ1) is 8.60. The van der Waals surface area contributed by atoms with Crippen molar-refractivity contribution < 1.29 is 9.90 Å². The van der Waals surface area contributed by atoms with Gasteiger partial charge in [0.15, 0.2) is 0 Å². The molecule has 98 valence electrons. The summed E-state index contributed by atoms with van der Waals surface area (Å²) in [6, 6.07) is 5.52. The third-order valence-electron chi connectivity index (χ3n) is 3.81. The van der Waals surface area contributed by atoms with E-state index in [1.54, 1.807) is 6.07 Å². The van der Waals surface area contributed by atoms with Gasteiger partial charge in [-0.2, -0.15) is 0 Å². The van der Waals surface area contributed by atoms with Crippen LogP contribution in [-0.4, -0.2) is 29.1 Å². The van der Waals surface area contributed by atoms with Crippen LogP contribution in [0.3, 0.4) is 0 Å². The van der Waals surface area contributed by atoms with Crippen molar-refractivity contribution in [2.45, 2.75) is 33.2 Å². The number of carboxylic acids is 1. The fraction of sp³-hybridized carbons (Fsp3) is 0.533. The van der Waals surface area contributed by atoms with Gasteiger partial charge in [-0.25, -0.2) is 4.79 Å². The maximum absolute atomic E-state index is 11.0. The van der Waals surface area contributed by atoms with Crippen molar-refractivity contribution in [3.05, 3.63) is 34.9 Å². The smallest absolute Gasteiger partial charge is 0.335 e. The molecule has 0 aromatic heterocycles. The Labute approximate surface area is 108 Å². The molecule has 0 saturated carbocycles. The molecule has 1 aromatic rings. The number of carboxylic acid groups (broad SMARTS) is 1. The van der Waals surface area contributed by atoms with Gasteiger partial charge in [0, 0.05) is 19.6 Å². The van der Waals surface area contributed by atoms with Crippen LogP contribution in [0.5, 0.6) is 0 Å². The highest BCUT2D eigenvalue weighted by Crippen LogP contribution is 2.21. The summed E-state index contributed by atoms with van der Waals surface area (Å²) in [5, 5.41) is 9.02. The van der Waals surface area contributed by atoms with E-state index >= 15 is 0 Å². The number of fused-ring (bicyclic) bond motifs is 1. The Kier molecular flexibility index (Phi) is 4.02. The van der Waals surface area contributed by atoms with Gasteiger partial charge in [0.1, 0.15) is 0 Å². The Morgan fingerprint density at radius 3 is 2.89 bits per heavy atom. The molecule has 1 heterocycles. The molecule has 3 heteroatoms. The molecule has 0 saturated heterocycles. The fourth-order valence-corrected chi connectivity index (χ4v) is 2.47. The predicted octanol–water partition coefficient (Wildman–Crippen LogP) is 2.79. The highest BCUT2D eigenvalue weighted by Gasteiger charge is 2.18. The molecule has 0 unspecified atom stereocenters. The fourth-order valence-electron chi connectivity index (χ4n) is 2.47. The van der Waals surface area contributed by atoms with Crippen LogP contribution in [0.1, 0.15) is 41.8 Å². The van der Waals surface area contributed by atoms with Crippen molar-refractivity contribution in [1.82, 2.24) is 4.90 Å². The van der Waals surface area contributed by atoms with E-state index in [2.05, 4.69) is 18.7 Å². The van der Waals surface area contributed by atoms with Gasteiger partial charge < -0.3 is 5.11 Å². The highest BCUT2D eigenvalue weighted by molar-refractivity contribution is 5.87.